The first-order valence-corrected chi connectivity index (χ1v) is 10.9. The van der Waals surface area contributed by atoms with E-state index in [0.717, 1.165) is 24.0 Å². The van der Waals surface area contributed by atoms with Crippen molar-refractivity contribution in [2.75, 3.05) is 19.8 Å². The first kappa shape index (κ1) is 21.1. The van der Waals surface area contributed by atoms with E-state index in [4.69, 9.17) is 4.74 Å². The van der Waals surface area contributed by atoms with Crippen LogP contribution < -0.4 is 5.32 Å². The predicted octanol–water partition coefficient (Wildman–Crippen LogP) is 4.78. The smallest absolute Gasteiger partial charge is 0.220 e. The molecule has 1 aliphatic heterocycles. The number of phenols is 1. The van der Waals surface area contributed by atoms with Crippen molar-refractivity contribution in [1.29, 1.82) is 0 Å². The van der Waals surface area contributed by atoms with Gasteiger partial charge < -0.3 is 15.2 Å². The molecule has 1 saturated heterocycles. The average molecular weight is 416 g/mol. The third-order valence-corrected chi connectivity index (χ3v) is 6.36. The molecule has 160 valence electrons. The fraction of sp³-hybridized carbons (Fsp3) is 0.296. The summed E-state index contributed by atoms with van der Waals surface area (Å²) in [5.74, 6) is -0.00185. The molecule has 1 unspecified atom stereocenters. The van der Waals surface area contributed by atoms with Crippen LogP contribution in [0, 0.1) is 0 Å². The van der Waals surface area contributed by atoms with Crippen molar-refractivity contribution in [3.63, 3.8) is 0 Å². The molecule has 4 nitrogen and oxygen atoms in total. The minimum atomic E-state index is -0.204. The Balaban J connectivity index is 1.52. The molecular weight excluding hydrogens is 386 g/mol. The van der Waals surface area contributed by atoms with Crippen LogP contribution in [0.1, 0.15) is 41.9 Å². The molecule has 4 rings (SSSR count). The van der Waals surface area contributed by atoms with Crippen molar-refractivity contribution >= 4 is 5.91 Å². The second-order valence-electron chi connectivity index (χ2n) is 8.26. The monoisotopic (exact) mass is 415 g/mol. The van der Waals surface area contributed by atoms with E-state index < -0.39 is 0 Å². The van der Waals surface area contributed by atoms with Gasteiger partial charge in [0.05, 0.1) is 0 Å². The molecule has 0 radical (unpaired) electrons. The quantitative estimate of drug-likeness (QED) is 0.584. The Bertz CT molecular complexity index is 982. The van der Waals surface area contributed by atoms with E-state index in [1.807, 2.05) is 48.5 Å². The number of benzene rings is 3. The number of phenolic OH excluding ortho intramolecular Hbond substituents is 1. The number of nitrogens with one attached hydrogen (secondary N) is 1. The molecule has 0 saturated carbocycles. The van der Waals surface area contributed by atoms with E-state index in [-0.39, 0.29) is 29.4 Å². The Morgan fingerprint density at radius 3 is 2.19 bits per heavy atom. The predicted molar refractivity (Wildman–Crippen MR) is 122 cm³/mol. The van der Waals surface area contributed by atoms with Gasteiger partial charge in [-0.3, -0.25) is 4.79 Å². The van der Waals surface area contributed by atoms with E-state index in [2.05, 4.69) is 29.6 Å². The summed E-state index contributed by atoms with van der Waals surface area (Å²) in [6.45, 7) is 1.99. The lowest BCUT2D eigenvalue weighted by atomic mass is 9.74. The van der Waals surface area contributed by atoms with Gasteiger partial charge in [0.15, 0.2) is 0 Å². The summed E-state index contributed by atoms with van der Waals surface area (Å²) in [6.07, 6.45) is 2.06. The summed E-state index contributed by atoms with van der Waals surface area (Å²) >= 11 is 0. The minimum Gasteiger partial charge on any atom is -0.508 e. The Kier molecular flexibility index (Phi) is 6.68. The van der Waals surface area contributed by atoms with Gasteiger partial charge in [0.25, 0.3) is 0 Å². The van der Waals surface area contributed by atoms with Gasteiger partial charge in [-0.05, 0) is 30.0 Å². The van der Waals surface area contributed by atoms with Gasteiger partial charge in [0, 0.05) is 43.1 Å². The van der Waals surface area contributed by atoms with Gasteiger partial charge in [-0.2, -0.15) is 0 Å². The molecule has 2 N–H and O–H groups in total. The topological polar surface area (TPSA) is 58.6 Å². The fourth-order valence-corrected chi connectivity index (χ4v) is 4.52. The molecule has 4 heteroatoms. The minimum absolute atomic E-state index is 0.0149. The van der Waals surface area contributed by atoms with Crippen LogP contribution in [0.25, 0.3) is 0 Å². The summed E-state index contributed by atoms with van der Waals surface area (Å²) in [6, 6.07) is 27.6. The van der Waals surface area contributed by atoms with Gasteiger partial charge >= 0.3 is 0 Å². The fourth-order valence-electron chi connectivity index (χ4n) is 4.52. The maximum Gasteiger partial charge on any atom is 0.220 e. The lowest BCUT2D eigenvalue weighted by Gasteiger charge is -2.38. The number of aromatic hydroxyl groups is 1. The number of amides is 1. The van der Waals surface area contributed by atoms with Crippen LogP contribution in [-0.2, 0) is 14.9 Å². The molecule has 0 bridgehead atoms. The zero-order chi connectivity index (χ0) is 21.5. The normalized spacial score (nSPS) is 16.4. The highest BCUT2D eigenvalue weighted by molar-refractivity contribution is 5.78. The molecule has 1 atom stereocenters. The van der Waals surface area contributed by atoms with Crippen LogP contribution >= 0.6 is 0 Å². The zero-order valence-electron chi connectivity index (χ0n) is 17.7. The molecule has 1 heterocycles. The van der Waals surface area contributed by atoms with E-state index in [0.29, 0.717) is 19.8 Å². The van der Waals surface area contributed by atoms with Gasteiger partial charge in [-0.15, -0.1) is 0 Å². The molecule has 0 spiro atoms. The van der Waals surface area contributed by atoms with Crippen molar-refractivity contribution in [1.82, 2.24) is 5.32 Å². The molecule has 0 aliphatic carbocycles. The van der Waals surface area contributed by atoms with Crippen LogP contribution in [0.15, 0.2) is 84.9 Å². The number of carbonyl (C=O) groups is 1. The zero-order valence-corrected chi connectivity index (χ0v) is 17.7. The van der Waals surface area contributed by atoms with Crippen molar-refractivity contribution < 1.29 is 14.6 Å². The summed E-state index contributed by atoms with van der Waals surface area (Å²) in [5, 5.41) is 13.6. The molecule has 31 heavy (non-hydrogen) atoms. The first-order chi connectivity index (χ1) is 15.2. The van der Waals surface area contributed by atoms with Crippen LogP contribution in [0.5, 0.6) is 5.75 Å². The SMILES string of the molecule is O=C(CC(c1ccccc1)c1ccccc1O)NCC1(c2ccccc2)CCOCC1. The molecule has 3 aromatic rings. The van der Waals surface area contributed by atoms with Gasteiger partial charge in [-0.25, -0.2) is 0 Å². The summed E-state index contributed by atoms with van der Waals surface area (Å²) < 4.78 is 5.61. The number of rotatable bonds is 7. The van der Waals surface area contributed by atoms with Crippen molar-refractivity contribution in [3.8, 4) is 5.75 Å². The third-order valence-electron chi connectivity index (χ3n) is 6.36. The van der Waals surface area contributed by atoms with Crippen molar-refractivity contribution in [2.45, 2.75) is 30.6 Å². The van der Waals surface area contributed by atoms with Gasteiger partial charge in [0.2, 0.25) is 5.91 Å². The lowest BCUT2D eigenvalue weighted by molar-refractivity contribution is -0.121. The maximum absolute atomic E-state index is 13.1. The third kappa shape index (κ3) is 4.97. The van der Waals surface area contributed by atoms with E-state index in [1.165, 1.54) is 5.56 Å². The number of para-hydroxylation sites is 1. The number of hydrogen-bond donors (Lipinski definition) is 2. The molecule has 3 aromatic carbocycles. The van der Waals surface area contributed by atoms with Crippen LogP contribution in [0.2, 0.25) is 0 Å². The summed E-state index contributed by atoms with van der Waals surface area (Å²) in [4.78, 5) is 13.1. The Morgan fingerprint density at radius 2 is 1.52 bits per heavy atom. The van der Waals surface area contributed by atoms with Crippen LogP contribution in [0.4, 0.5) is 0 Å². The highest BCUT2D eigenvalue weighted by Crippen LogP contribution is 2.36. The van der Waals surface area contributed by atoms with E-state index >= 15 is 0 Å². The Morgan fingerprint density at radius 1 is 0.903 bits per heavy atom. The second kappa shape index (κ2) is 9.80. The molecule has 1 fully saturated rings. The highest BCUT2D eigenvalue weighted by atomic mass is 16.5. The molecule has 0 aromatic heterocycles. The highest BCUT2D eigenvalue weighted by Gasteiger charge is 2.35. The van der Waals surface area contributed by atoms with E-state index in [1.54, 1.807) is 12.1 Å². The van der Waals surface area contributed by atoms with Gasteiger partial charge in [0.1, 0.15) is 5.75 Å². The first-order valence-electron chi connectivity index (χ1n) is 10.9. The van der Waals surface area contributed by atoms with Gasteiger partial charge in [-0.1, -0.05) is 78.9 Å². The number of ether oxygens (including phenoxy) is 1. The maximum atomic E-state index is 13.1. The summed E-state index contributed by atoms with van der Waals surface area (Å²) in [5.41, 5.74) is 2.93. The Hall–Kier alpha value is -3.11. The lowest BCUT2D eigenvalue weighted by Crippen LogP contribution is -2.44. The number of hydrogen-bond acceptors (Lipinski definition) is 3. The molecule has 1 amide bonds. The van der Waals surface area contributed by atoms with Crippen molar-refractivity contribution in [3.05, 3.63) is 102 Å². The van der Waals surface area contributed by atoms with Crippen LogP contribution in [0.3, 0.4) is 0 Å². The molecular formula is C27H29NO3. The summed E-state index contributed by atoms with van der Waals surface area (Å²) in [7, 11) is 0. The van der Waals surface area contributed by atoms with E-state index in [9.17, 15) is 9.90 Å². The largest absolute Gasteiger partial charge is 0.508 e. The van der Waals surface area contributed by atoms with Crippen LogP contribution in [-0.4, -0.2) is 30.8 Å². The van der Waals surface area contributed by atoms with Crippen molar-refractivity contribution in [2.24, 2.45) is 0 Å². The average Bonchev–Trinajstić information content (AvgIpc) is 2.83. The Labute approximate surface area is 183 Å². The second-order valence-corrected chi connectivity index (χ2v) is 8.26. The standard InChI is InChI=1S/C27H29NO3/c29-25-14-8-7-13-23(25)24(21-9-3-1-4-10-21)19-26(30)28-20-27(15-17-31-18-16-27)22-11-5-2-6-12-22/h1-14,24,29H,15-20H2,(H,28,30). The number of carbonyl (C=O) groups excluding carboxylic acids is 1. The molecule has 1 aliphatic rings.